The Bertz CT molecular complexity index is 1310. The van der Waals surface area contributed by atoms with Crippen molar-refractivity contribution in [3.63, 3.8) is 0 Å². The van der Waals surface area contributed by atoms with E-state index in [-0.39, 0.29) is 34.3 Å². The van der Waals surface area contributed by atoms with E-state index in [2.05, 4.69) is 15.3 Å². The number of aromatic nitrogens is 3. The van der Waals surface area contributed by atoms with Crippen molar-refractivity contribution in [2.75, 3.05) is 5.73 Å². The van der Waals surface area contributed by atoms with Crippen LogP contribution in [0, 0.1) is 0 Å². The van der Waals surface area contributed by atoms with E-state index in [1.54, 1.807) is 24.3 Å². The maximum absolute atomic E-state index is 13.3. The lowest BCUT2D eigenvalue weighted by molar-refractivity contribution is -0.137. The van der Waals surface area contributed by atoms with Crippen molar-refractivity contribution < 1.29 is 18.0 Å². The summed E-state index contributed by atoms with van der Waals surface area (Å²) in [5, 5.41) is 2.87. The van der Waals surface area contributed by atoms with E-state index >= 15 is 0 Å². The number of para-hydroxylation sites is 2. The van der Waals surface area contributed by atoms with E-state index in [0.717, 1.165) is 25.0 Å². The van der Waals surface area contributed by atoms with E-state index in [1.807, 2.05) is 0 Å². The number of halogens is 3. The molecule has 1 amide bonds. The normalized spacial score (nSPS) is 14.4. The Balaban J connectivity index is 1.80. The van der Waals surface area contributed by atoms with Gasteiger partial charge in [0.1, 0.15) is 16.9 Å². The molecule has 3 N–H and O–H groups in total. The van der Waals surface area contributed by atoms with Crippen molar-refractivity contribution in [2.45, 2.75) is 25.1 Å². The number of benzene rings is 2. The Hall–Kier alpha value is -3.62. The summed E-state index contributed by atoms with van der Waals surface area (Å²) < 4.78 is 41.1. The molecule has 2 aromatic heterocycles. The maximum Gasteiger partial charge on any atom is 0.416 e. The SMILES string of the molecule is Nc1c(C(=O)NC2CC2)c2nc3ccccc3nc2n1-c1cccc(C(F)(F)F)c1. The molecule has 1 saturated carbocycles. The van der Waals surface area contributed by atoms with Crippen LogP contribution < -0.4 is 11.1 Å². The van der Waals surface area contributed by atoms with E-state index in [1.165, 1.54) is 16.7 Å². The van der Waals surface area contributed by atoms with Gasteiger partial charge in [0.05, 0.1) is 16.6 Å². The molecule has 6 nitrogen and oxygen atoms in total. The number of hydrogen-bond acceptors (Lipinski definition) is 4. The largest absolute Gasteiger partial charge is 0.416 e. The van der Waals surface area contributed by atoms with Gasteiger partial charge in [0.15, 0.2) is 5.65 Å². The summed E-state index contributed by atoms with van der Waals surface area (Å²) in [7, 11) is 0. The molecule has 2 heterocycles. The smallest absolute Gasteiger partial charge is 0.384 e. The highest BCUT2D eigenvalue weighted by atomic mass is 19.4. The molecule has 0 bridgehead atoms. The summed E-state index contributed by atoms with van der Waals surface area (Å²) in [6.45, 7) is 0. The van der Waals surface area contributed by atoms with Gasteiger partial charge in [0.25, 0.3) is 5.91 Å². The van der Waals surface area contributed by atoms with Crippen LogP contribution in [0.3, 0.4) is 0 Å². The topological polar surface area (TPSA) is 85.8 Å². The fourth-order valence-electron chi connectivity index (χ4n) is 3.45. The minimum Gasteiger partial charge on any atom is -0.384 e. The third kappa shape index (κ3) is 3.02. The number of rotatable bonds is 3. The van der Waals surface area contributed by atoms with Gasteiger partial charge >= 0.3 is 6.18 Å². The van der Waals surface area contributed by atoms with Gasteiger partial charge in [-0.2, -0.15) is 13.2 Å². The number of nitrogens with zero attached hydrogens (tertiary/aromatic N) is 3. The quantitative estimate of drug-likeness (QED) is 0.532. The number of hydrogen-bond donors (Lipinski definition) is 2. The molecule has 0 atom stereocenters. The first-order valence-corrected chi connectivity index (χ1v) is 9.38. The Morgan fingerprint density at radius 2 is 1.77 bits per heavy atom. The summed E-state index contributed by atoms with van der Waals surface area (Å²) in [5.41, 5.74) is 7.35. The van der Waals surface area contributed by atoms with Crippen LogP contribution in [0.5, 0.6) is 0 Å². The monoisotopic (exact) mass is 411 g/mol. The van der Waals surface area contributed by atoms with Gasteiger partial charge in [-0.15, -0.1) is 0 Å². The molecule has 9 heteroatoms. The highest BCUT2D eigenvalue weighted by molar-refractivity contribution is 6.11. The molecule has 1 aliphatic carbocycles. The molecule has 4 aromatic rings. The van der Waals surface area contributed by atoms with E-state index in [0.29, 0.717) is 11.0 Å². The van der Waals surface area contributed by atoms with Crippen molar-refractivity contribution in [2.24, 2.45) is 0 Å². The minimum atomic E-state index is -4.52. The molecule has 152 valence electrons. The maximum atomic E-state index is 13.3. The highest BCUT2D eigenvalue weighted by Crippen LogP contribution is 2.35. The average Bonchev–Trinajstić information content (AvgIpc) is 3.47. The molecule has 1 aliphatic rings. The third-order valence-electron chi connectivity index (χ3n) is 5.07. The first kappa shape index (κ1) is 18.4. The Morgan fingerprint density at radius 1 is 1.07 bits per heavy atom. The summed E-state index contributed by atoms with van der Waals surface area (Å²) in [4.78, 5) is 22.0. The second-order valence-corrected chi connectivity index (χ2v) is 7.28. The number of nitrogens with two attached hydrogens (primary N) is 1. The molecular formula is C21H16F3N5O. The van der Waals surface area contributed by atoms with Crippen molar-refractivity contribution in [1.29, 1.82) is 0 Å². The number of carbonyl (C=O) groups excluding carboxylic acids is 1. The zero-order valence-corrected chi connectivity index (χ0v) is 15.6. The Kier molecular flexibility index (Phi) is 3.96. The molecule has 0 unspecified atom stereocenters. The van der Waals surface area contributed by atoms with Crippen LogP contribution >= 0.6 is 0 Å². The predicted octanol–water partition coefficient (Wildman–Crippen LogP) is 4.07. The van der Waals surface area contributed by atoms with Crippen LogP contribution in [0.4, 0.5) is 19.0 Å². The van der Waals surface area contributed by atoms with Crippen LogP contribution in [0.25, 0.3) is 27.9 Å². The Morgan fingerprint density at radius 3 is 2.43 bits per heavy atom. The number of carbonyl (C=O) groups is 1. The molecule has 5 rings (SSSR count). The molecule has 1 fully saturated rings. The first-order valence-electron chi connectivity index (χ1n) is 9.38. The lowest BCUT2D eigenvalue weighted by atomic mass is 10.2. The van der Waals surface area contributed by atoms with Crippen LogP contribution in [0.1, 0.15) is 28.8 Å². The second-order valence-electron chi connectivity index (χ2n) is 7.28. The predicted molar refractivity (Wildman–Crippen MR) is 106 cm³/mol. The van der Waals surface area contributed by atoms with Crippen LogP contribution in [-0.4, -0.2) is 26.5 Å². The second kappa shape index (κ2) is 6.45. The van der Waals surface area contributed by atoms with Crippen molar-refractivity contribution in [3.8, 4) is 5.69 Å². The lowest BCUT2D eigenvalue weighted by Gasteiger charge is -2.12. The third-order valence-corrected chi connectivity index (χ3v) is 5.07. The van der Waals surface area contributed by atoms with Crippen LogP contribution in [-0.2, 0) is 6.18 Å². The summed E-state index contributed by atoms with van der Waals surface area (Å²) in [6.07, 6.45) is -2.75. The van der Waals surface area contributed by atoms with Gasteiger partial charge in [0.2, 0.25) is 0 Å². The van der Waals surface area contributed by atoms with Crippen molar-refractivity contribution in [1.82, 2.24) is 19.9 Å². The van der Waals surface area contributed by atoms with Crippen molar-refractivity contribution >= 4 is 33.9 Å². The number of anilines is 1. The van der Waals surface area contributed by atoms with Crippen LogP contribution in [0.2, 0.25) is 0 Å². The fraction of sp³-hybridized carbons (Fsp3) is 0.190. The number of amides is 1. The van der Waals surface area contributed by atoms with E-state index < -0.39 is 17.6 Å². The first-order chi connectivity index (χ1) is 14.3. The number of alkyl halides is 3. The van der Waals surface area contributed by atoms with E-state index in [4.69, 9.17) is 5.73 Å². The summed E-state index contributed by atoms with van der Waals surface area (Å²) >= 11 is 0. The minimum absolute atomic E-state index is 0.00205. The van der Waals surface area contributed by atoms with Gasteiger partial charge in [-0.3, -0.25) is 9.36 Å². The molecular weight excluding hydrogens is 395 g/mol. The van der Waals surface area contributed by atoms with Gasteiger partial charge < -0.3 is 11.1 Å². The van der Waals surface area contributed by atoms with Crippen molar-refractivity contribution in [3.05, 3.63) is 59.7 Å². The molecule has 0 aliphatic heterocycles. The lowest BCUT2D eigenvalue weighted by Crippen LogP contribution is -2.26. The number of nitrogens with one attached hydrogen (secondary N) is 1. The number of nitrogen functional groups attached to an aromatic ring is 1. The summed E-state index contributed by atoms with van der Waals surface area (Å²) in [5.74, 6) is -0.409. The zero-order chi connectivity index (χ0) is 21.0. The Labute approximate surface area is 168 Å². The highest BCUT2D eigenvalue weighted by Gasteiger charge is 2.32. The zero-order valence-electron chi connectivity index (χ0n) is 15.6. The standard InChI is InChI=1S/C21H16F3N5O/c22-21(23,24)11-4-3-5-13(10-11)29-18(25)16(20(30)26-12-8-9-12)17-19(29)28-15-7-2-1-6-14(15)27-17/h1-7,10,12H,8-9,25H2,(H,26,30). The van der Waals surface area contributed by atoms with Gasteiger partial charge in [0, 0.05) is 11.7 Å². The van der Waals surface area contributed by atoms with Gasteiger partial charge in [-0.05, 0) is 43.2 Å². The van der Waals surface area contributed by atoms with Gasteiger partial charge in [-0.1, -0.05) is 18.2 Å². The molecule has 0 saturated heterocycles. The molecule has 30 heavy (non-hydrogen) atoms. The molecule has 0 radical (unpaired) electrons. The van der Waals surface area contributed by atoms with E-state index in [9.17, 15) is 18.0 Å². The average molecular weight is 411 g/mol. The molecule has 0 spiro atoms. The fourth-order valence-corrected chi connectivity index (χ4v) is 3.45. The molecule has 2 aromatic carbocycles. The van der Waals surface area contributed by atoms with Crippen LogP contribution in [0.15, 0.2) is 48.5 Å². The van der Waals surface area contributed by atoms with Gasteiger partial charge in [-0.25, -0.2) is 9.97 Å². The number of fused-ring (bicyclic) bond motifs is 2. The summed E-state index contributed by atoms with van der Waals surface area (Å²) in [6, 6.07) is 11.9.